The zero-order chi connectivity index (χ0) is 14.6. The highest BCUT2D eigenvalue weighted by molar-refractivity contribution is 7.89. The minimum absolute atomic E-state index is 0.00143. The van der Waals surface area contributed by atoms with Gasteiger partial charge in [0, 0.05) is 18.7 Å². The quantitative estimate of drug-likeness (QED) is 0.514. The third kappa shape index (κ3) is 4.18. The van der Waals surface area contributed by atoms with E-state index in [4.69, 9.17) is 11.5 Å². The number of nitrogens with two attached hydrogens (primary N) is 2. The normalized spacial score (nSPS) is 11.5. The molecule has 0 aliphatic rings. The maximum atomic E-state index is 13.8. The first kappa shape index (κ1) is 15.4. The van der Waals surface area contributed by atoms with Crippen LogP contribution in [0.4, 0.5) is 10.1 Å². The van der Waals surface area contributed by atoms with E-state index in [2.05, 4.69) is 4.72 Å². The number of halogens is 1. The molecule has 8 heteroatoms. The Balaban J connectivity index is 2.86. The van der Waals surface area contributed by atoms with Crippen molar-refractivity contribution in [2.45, 2.75) is 24.7 Å². The fourth-order valence-electron chi connectivity index (χ4n) is 1.51. The second-order valence-electron chi connectivity index (χ2n) is 4.12. The summed E-state index contributed by atoms with van der Waals surface area (Å²) < 4.78 is 39.7. The SMILES string of the molecule is Cc1cc(N)cc(S(=O)(=O)NCCCC(N)=O)c1F. The second kappa shape index (κ2) is 5.98. The molecule has 0 aromatic heterocycles. The molecule has 0 aliphatic heterocycles. The van der Waals surface area contributed by atoms with Gasteiger partial charge in [0.25, 0.3) is 0 Å². The third-order valence-electron chi connectivity index (χ3n) is 2.43. The number of carbonyl (C=O) groups excluding carboxylic acids is 1. The number of amides is 1. The number of nitrogen functional groups attached to an aromatic ring is 1. The summed E-state index contributed by atoms with van der Waals surface area (Å²) in [5.74, 6) is -1.36. The van der Waals surface area contributed by atoms with Crippen molar-refractivity contribution in [3.63, 3.8) is 0 Å². The fourth-order valence-corrected chi connectivity index (χ4v) is 2.76. The number of benzene rings is 1. The Morgan fingerprint density at radius 1 is 1.42 bits per heavy atom. The number of hydrogen-bond donors (Lipinski definition) is 3. The smallest absolute Gasteiger partial charge is 0.243 e. The summed E-state index contributed by atoms with van der Waals surface area (Å²) >= 11 is 0. The summed E-state index contributed by atoms with van der Waals surface area (Å²) in [6.07, 6.45) is 0.304. The molecular formula is C11H16FN3O3S. The highest BCUT2D eigenvalue weighted by Gasteiger charge is 2.20. The van der Waals surface area contributed by atoms with Crippen LogP contribution in [0.2, 0.25) is 0 Å². The van der Waals surface area contributed by atoms with E-state index in [1.807, 2.05) is 0 Å². The monoisotopic (exact) mass is 289 g/mol. The molecule has 0 fully saturated rings. The molecule has 0 radical (unpaired) electrons. The molecule has 106 valence electrons. The van der Waals surface area contributed by atoms with Gasteiger partial charge in [-0.25, -0.2) is 17.5 Å². The Morgan fingerprint density at radius 2 is 2.05 bits per heavy atom. The van der Waals surface area contributed by atoms with E-state index in [9.17, 15) is 17.6 Å². The van der Waals surface area contributed by atoms with Crippen molar-refractivity contribution in [3.05, 3.63) is 23.5 Å². The van der Waals surface area contributed by atoms with E-state index in [-0.39, 0.29) is 30.6 Å². The molecule has 1 rings (SSSR count). The largest absolute Gasteiger partial charge is 0.399 e. The maximum Gasteiger partial charge on any atom is 0.243 e. The van der Waals surface area contributed by atoms with Crippen LogP contribution in [0.3, 0.4) is 0 Å². The molecule has 1 aromatic rings. The average Bonchev–Trinajstić information content (AvgIpc) is 2.29. The number of anilines is 1. The van der Waals surface area contributed by atoms with Crippen molar-refractivity contribution >= 4 is 21.6 Å². The first-order chi connectivity index (χ1) is 8.74. The Labute approximate surface area is 111 Å². The van der Waals surface area contributed by atoms with Crippen LogP contribution in [0.25, 0.3) is 0 Å². The predicted molar refractivity (Wildman–Crippen MR) is 69.2 cm³/mol. The van der Waals surface area contributed by atoms with Gasteiger partial charge in [-0.15, -0.1) is 0 Å². The number of carbonyl (C=O) groups is 1. The van der Waals surface area contributed by atoms with Crippen LogP contribution in [0.5, 0.6) is 0 Å². The van der Waals surface area contributed by atoms with Crippen LogP contribution in [0.1, 0.15) is 18.4 Å². The molecule has 1 amide bonds. The lowest BCUT2D eigenvalue weighted by molar-refractivity contribution is -0.118. The number of aryl methyl sites for hydroxylation is 1. The van der Waals surface area contributed by atoms with Crippen molar-refractivity contribution < 1.29 is 17.6 Å². The van der Waals surface area contributed by atoms with Gasteiger partial charge in [-0.3, -0.25) is 4.79 Å². The predicted octanol–water partition coefficient (Wildman–Crippen LogP) is 0.260. The van der Waals surface area contributed by atoms with Gasteiger partial charge >= 0.3 is 0 Å². The van der Waals surface area contributed by atoms with Crippen molar-refractivity contribution in [2.24, 2.45) is 5.73 Å². The fraction of sp³-hybridized carbons (Fsp3) is 0.364. The van der Waals surface area contributed by atoms with Crippen LogP contribution in [-0.4, -0.2) is 20.9 Å². The number of hydrogen-bond acceptors (Lipinski definition) is 4. The van der Waals surface area contributed by atoms with Crippen LogP contribution in [0.15, 0.2) is 17.0 Å². The molecule has 0 spiro atoms. The third-order valence-corrected chi connectivity index (χ3v) is 3.89. The number of nitrogens with one attached hydrogen (secondary N) is 1. The van der Waals surface area contributed by atoms with Gasteiger partial charge in [0.15, 0.2) is 0 Å². The lowest BCUT2D eigenvalue weighted by atomic mass is 10.2. The Morgan fingerprint density at radius 3 is 2.63 bits per heavy atom. The molecule has 6 nitrogen and oxygen atoms in total. The zero-order valence-corrected chi connectivity index (χ0v) is 11.3. The van der Waals surface area contributed by atoms with Gasteiger partial charge in [0.1, 0.15) is 10.7 Å². The first-order valence-electron chi connectivity index (χ1n) is 5.57. The molecule has 0 saturated heterocycles. The summed E-state index contributed by atoms with van der Waals surface area (Å²) in [5.41, 5.74) is 10.7. The highest BCUT2D eigenvalue weighted by atomic mass is 32.2. The average molecular weight is 289 g/mol. The maximum absolute atomic E-state index is 13.8. The minimum atomic E-state index is -3.99. The van der Waals surface area contributed by atoms with Gasteiger partial charge in [-0.1, -0.05) is 0 Å². The van der Waals surface area contributed by atoms with E-state index in [1.165, 1.54) is 13.0 Å². The van der Waals surface area contributed by atoms with E-state index in [0.717, 1.165) is 6.07 Å². The summed E-state index contributed by atoms with van der Waals surface area (Å²) in [4.78, 5) is 10.0. The molecule has 0 bridgehead atoms. The van der Waals surface area contributed by atoms with Gasteiger partial charge in [0.05, 0.1) is 0 Å². The summed E-state index contributed by atoms with van der Waals surface area (Å²) in [6, 6.07) is 2.40. The molecular weight excluding hydrogens is 273 g/mol. The Hall–Kier alpha value is -1.67. The van der Waals surface area contributed by atoms with Crippen LogP contribution >= 0.6 is 0 Å². The molecule has 0 atom stereocenters. The van der Waals surface area contributed by atoms with E-state index in [0.29, 0.717) is 0 Å². The topological polar surface area (TPSA) is 115 Å². The van der Waals surface area contributed by atoms with Gasteiger partial charge in [-0.05, 0) is 31.0 Å². The van der Waals surface area contributed by atoms with Crippen molar-refractivity contribution in [3.8, 4) is 0 Å². The minimum Gasteiger partial charge on any atom is -0.399 e. The first-order valence-corrected chi connectivity index (χ1v) is 7.06. The lowest BCUT2D eigenvalue weighted by Gasteiger charge is -2.09. The second-order valence-corrected chi connectivity index (χ2v) is 5.85. The van der Waals surface area contributed by atoms with E-state index < -0.39 is 26.6 Å². The lowest BCUT2D eigenvalue weighted by Crippen LogP contribution is -2.27. The van der Waals surface area contributed by atoms with Crippen LogP contribution < -0.4 is 16.2 Å². The Kier molecular flexibility index (Phi) is 4.84. The van der Waals surface area contributed by atoms with Crippen LogP contribution in [0, 0.1) is 12.7 Å². The number of sulfonamides is 1. The Bertz CT molecular complexity index is 587. The molecule has 19 heavy (non-hydrogen) atoms. The number of rotatable bonds is 6. The summed E-state index contributed by atoms with van der Waals surface area (Å²) in [6.45, 7) is 1.43. The van der Waals surface area contributed by atoms with Crippen molar-refractivity contribution in [2.75, 3.05) is 12.3 Å². The highest BCUT2D eigenvalue weighted by Crippen LogP contribution is 2.21. The molecule has 0 saturated carbocycles. The molecule has 0 heterocycles. The molecule has 5 N–H and O–H groups in total. The van der Waals surface area contributed by atoms with E-state index in [1.54, 1.807) is 0 Å². The number of primary amides is 1. The standard InChI is InChI=1S/C11H16FN3O3S/c1-7-5-8(13)6-9(11(7)12)19(17,18)15-4-2-3-10(14)16/h5-6,15H,2-4,13H2,1H3,(H2,14,16). The molecule has 0 aliphatic carbocycles. The summed E-state index contributed by atoms with van der Waals surface area (Å²) in [5, 5.41) is 0. The van der Waals surface area contributed by atoms with Gasteiger partial charge in [-0.2, -0.15) is 0 Å². The summed E-state index contributed by atoms with van der Waals surface area (Å²) in [7, 11) is -3.99. The van der Waals surface area contributed by atoms with E-state index >= 15 is 0 Å². The van der Waals surface area contributed by atoms with Gasteiger partial charge < -0.3 is 11.5 Å². The molecule has 1 aromatic carbocycles. The zero-order valence-electron chi connectivity index (χ0n) is 10.4. The van der Waals surface area contributed by atoms with Crippen molar-refractivity contribution in [1.29, 1.82) is 0 Å². The molecule has 0 unspecified atom stereocenters. The van der Waals surface area contributed by atoms with Crippen molar-refractivity contribution in [1.82, 2.24) is 4.72 Å². The van der Waals surface area contributed by atoms with Gasteiger partial charge in [0.2, 0.25) is 15.9 Å². The van der Waals surface area contributed by atoms with Crippen LogP contribution in [-0.2, 0) is 14.8 Å².